The van der Waals surface area contributed by atoms with Gasteiger partial charge < -0.3 is 4.57 Å². The van der Waals surface area contributed by atoms with Gasteiger partial charge in [0.25, 0.3) is 0 Å². The Morgan fingerprint density at radius 1 is 1.53 bits per heavy atom. The molecule has 3 N–H and O–H groups in total. The summed E-state index contributed by atoms with van der Waals surface area (Å²) in [6.07, 6.45) is -0.750. The molecule has 1 heterocycles. The van der Waals surface area contributed by atoms with Crippen LogP contribution < -0.4 is 11.3 Å². The molecule has 1 unspecified atom stereocenters. The summed E-state index contributed by atoms with van der Waals surface area (Å²) in [4.78, 5) is 4.05. The largest absolute Gasteiger partial charge is 0.390 e. The van der Waals surface area contributed by atoms with Gasteiger partial charge in [0.2, 0.25) is 0 Å². The molecular weight excluding hydrogens is 233 g/mol. The Labute approximate surface area is 98.0 Å². The van der Waals surface area contributed by atoms with Crippen LogP contribution in [0.4, 0.5) is 13.2 Å². The van der Waals surface area contributed by atoms with Gasteiger partial charge in [0.15, 0.2) is 0 Å². The molecule has 0 bridgehead atoms. The van der Waals surface area contributed by atoms with E-state index in [1.807, 2.05) is 11.5 Å². The first-order valence-corrected chi connectivity index (χ1v) is 5.49. The van der Waals surface area contributed by atoms with Crippen LogP contribution in [0.1, 0.15) is 25.6 Å². The Balaban J connectivity index is 2.63. The number of alkyl halides is 3. The molecule has 1 aromatic rings. The Kier molecular flexibility index (Phi) is 4.95. The molecule has 0 aromatic carbocycles. The molecule has 0 radical (unpaired) electrons. The summed E-state index contributed by atoms with van der Waals surface area (Å²) >= 11 is 0. The number of aryl methyl sites for hydroxylation is 1. The summed E-state index contributed by atoms with van der Waals surface area (Å²) in [7, 11) is 0. The zero-order valence-corrected chi connectivity index (χ0v) is 9.67. The van der Waals surface area contributed by atoms with Crippen molar-refractivity contribution in [2.45, 2.75) is 44.9 Å². The van der Waals surface area contributed by atoms with E-state index in [-0.39, 0.29) is 6.42 Å². The van der Waals surface area contributed by atoms with E-state index in [4.69, 9.17) is 5.84 Å². The maximum Gasteiger partial charge on any atom is 0.390 e. The van der Waals surface area contributed by atoms with Crippen LogP contribution in [-0.4, -0.2) is 21.8 Å². The number of hydrazine groups is 1. The highest BCUT2D eigenvalue weighted by Crippen LogP contribution is 2.22. The van der Waals surface area contributed by atoms with Gasteiger partial charge in [0.1, 0.15) is 5.82 Å². The predicted molar refractivity (Wildman–Crippen MR) is 58.0 cm³/mol. The summed E-state index contributed by atoms with van der Waals surface area (Å²) in [6, 6.07) is -0.840. The number of nitrogens with two attached hydrogens (primary N) is 1. The molecule has 0 saturated heterocycles. The fourth-order valence-corrected chi connectivity index (χ4v) is 1.66. The van der Waals surface area contributed by atoms with Crippen molar-refractivity contribution in [3.8, 4) is 0 Å². The van der Waals surface area contributed by atoms with E-state index in [1.54, 1.807) is 12.4 Å². The Morgan fingerprint density at radius 2 is 2.24 bits per heavy atom. The number of rotatable bonds is 6. The molecule has 0 aliphatic rings. The standard InChI is InChI=1S/C10H17F3N4/c1-2-4-17-5-3-15-9(17)6-8(16-14)7-10(11,12)13/h3,5,8,16H,2,4,6-7,14H2,1H3. The first-order valence-electron chi connectivity index (χ1n) is 5.49. The highest BCUT2D eigenvalue weighted by Gasteiger charge is 2.32. The summed E-state index contributed by atoms with van der Waals surface area (Å²) < 4.78 is 38.6. The molecule has 17 heavy (non-hydrogen) atoms. The van der Waals surface area contributed by atoms with Crippen molar-refractivity contribution >= 4 is 0 Å². The molecule has 0 saturated carbocycles. The molecule has 1 aromatic heterocycles. The lowest BCUT2D eigenvalue weighted by Gasteiger charge is -2.18. The summed E-state index contributed by atoms with van der Waals surface area (Å²) in [6.45, 7) is 2.75. The third kappa shape index (κ3) is 4.74. The van der Waals surface area contributed by atoms with Crippen molar-refractivity contribution in [1.29, 1.82) is 0 Å². The van der Waals surface area contributed by atoms with Crippen molar-refractivity contribution < 1.29 is 13.2 Å². The number of halogens is 3. The van der Waals surface area contributed by atoms with Crippen LogP contribution in [-0.2, 0) is 13.0 Å². The van der Waals surface area contributed by atoms with Gasteiger partial charge in [-0.1, -0.05) is 6.92 Å². The third-order valence-electron chi connectivity index (χ3n) is 2.41. The summed E-state index contributed by atoms with van der Waals surface area (Å²) in [5, 5.41) is 0. The van der Waals surface area contributed by atoms with Crippen LogP contribution in [0, 0.1) is 0 Å². The van der Waals surface area contributed by atoms with Crippen LogP contribution in [0.5, 0.6) is 0 Å². The van der Waals surface area contributed by atoms with Crippen molar-refractivity contribution in [3.05, 3.63) is 18.2 Å². The number of nitrogens with one attached hydrogen (secondary N) is 1. The van der Waals surface area contributed by atoms with Gasteiger partial charge in [-0.2, -0.15) is 13.2 Å². The van der Waals surface area contributed by atoms with E-state index in [1.165, 1.54) is 0 Å². The van der Waals surface area contributed by atoms with E-state index in [9.17, 15) is 13.2 Å². The second-order valence-corrected chi connectivity index (χ2v) is 3.92. The Hall–Kier alpha value is -1.08. The van der Waals surface area contributed by atoms with E-state index in [0.29, 0.717) is 5.82 Å². The Morgan fingerprint density at radius 3 is 2.76 bits per heavy atom. The minimum absolute atomic E-state index is 0.170. The molecule has 0 amide bonds. The molecule has 4 nitrogen and oxygen atoms in total. The smallest absolute Gasteiger partial charge is 0.335 e. The van der Waals surface area contributed by atoms with E-state index >= 15 is 0 Å². The lowest BCUT2D eigenvalue weighted by Crippen LogP contribution is -2.40. The van der Waals surface area contributed by atoms with E-state index in [0.717, 1.165) is 13.0 Å². The van der Waals surface area contributed by atoms with Crippen LogP contribution >= 0.6 is 0 Å². The molecule has 7 heteroatoms. The fraction of sp³-hybridized carbons (Fsp3) is 0.700. The molecule has 0 spiro atoms. The van der Waals surface area contributed by atoms with Gasteiger partial charge in [-0.05, 0) is 6.42 Å². The minimum atomic E-state index is -4.22. The number of hydrogen-bond donors (Lipinski definition) is 2. The van der Waals surface area contributed by atoms with Gasteiger partial charge in [-0.25, -0.2) is 4.98 Å². The van der Waals surface area contributed by atoms with Crippen LogP contribution in [0.15, 0.2) is 12.4 Å². The van der Waals surface area contributed by atoms with Gasteiger partial charge >= 0.3 is 6.18 Å². The first kappa shape index (κ1) is 14.0. The van der Waals surface area contributed by atoms with Gasteiger partial charge in [0, 0.05) is 31.4 Å². The zero-order valence-electron chi connectivity index (χ0n) is 9.67. The molecule has 98 valence electrons. The van der Waals surface area contributed by atoms with E-state index in [2.05, 4.69) is 10.4 Å². The van der Waals surface area contributed by atoms with Crippen LogP contribution in [0.25, 0.3) is 0 Å². The lowest BCUT2D eigenvalue weighted by molar-refractivity contribution is -0.140. The number of aromatic nitrogens is 2. The molecule has 0 aliphatic heterocycles. The number of hydrogen-bond acceptors (Lipinski definition) is 3. The SMILES string of the molecule is CCCn1ccnc1CC(CC(F)(F)F)NN. The van der Waals surface area contributed by atoms with Crippen molar-refractivity contribution in [2.75, 3.05) is 0 Å². The highest BCUT2D eigenvalue weighted by molar-refractivity contribution is 4.95. The van der Waals surface area contributed by atoms with Crippen LogP contribution in [0.3, 0.4) is 0 Å². The molecule has 1 atom stereocenters. The Bertz CT molecular complexity index is 335. The van der Waals surface area contributed by atoms with Crippen molar-refractivity contribution in [1.82, 2.24) is 15.0 Å². The average Bonchev–Trinajstić information content (AvgIpc) is 2.63. The van der Waals surface area contributed by atoms with Crippen molar-refractivity contribution in [2.24, 2.45) is 5.84 Å². The maximum absolute atomic E-state index is 12.2. The van der Waals surface area contributed by atoms with Gasteiger partial charge in [0.05, 0.1) is 6.42 Å². The van der Waals surface area contributed by atoms with E-state index < -0.39 is 18.6 Å². The first-order chi connectivity index (χ1) is 7.96. The number of imidazole rings is 1. The monoisotopic (exact) mass is 250 g/mol. The highest BCUT2D eigenvalue weighted by atomic mass is 19.4. The molecular formula is C10H17F3N4. The average molecular weight is 250 g/mol. The summed E-state index contributed by atoms with van der Waals surface area (Å²) in [5.74, 6) is 5.76. The third-order valence-corrected chi connectivity index (χ3v) is 2.41. The minimum Gasteiger partial charge on any atom is -0.335 e. The predicted octanol–water partition coefficient (Wildman–Crippen LogP) is 1.62. The fourth-order valence-electron chi connectivity index (χ4n) is 1.66. The zero-order chi connectivity index (χ0) is 12.9. The normalized spacial score (nSPS) is 13.9. The second kappa shape index (κ2) is 6.02. The van der Waals surface area contributed by atoms with Gasteiger partial charge in [-0.15, -0.1) is 0 Å². The lowest BCUT2D eigenvalue weighted by atomic mass is 10.1. The quantitative estimate of drug-likeness (QED) is 0.596. The maximum atomic E-state index is 12.2. The topological polar surface area (TPSA) is 55.9 Å². The van der Waals surface area contributed by atoms with Crippen molar-refractivity contribution in [3.63, 3.8) is 0 Å². The van der Waals surface area contributed by atoms with Gasteiger partial charge in [-0.3, -0.25) is 11.3 Å². The molecule has 1 rings (SSSR count). The second-order valence-electron chi connectivity index (χ2n) is 3.92. The summed E-state index contributed by atoms with van der Waals surface area (Å²) in [5.41, 5.74) is 2.19. The molecule has 0 fully saturated rings. The molecule has 0 aliphatic carbocycles. The number of nitrogens with zero attached hydrogens (tertiary/aromatic N) is 2. The van der Waals surface area contributed by atoms with Crippen LogP contribution in [0.2, 0.25) is 0 Å².